The summed E-state index contributed by atoms with van der Waals surface area (Å²) in [6.07, 6.45) is 1.28. The highest BCUT2D eigenvalue weighted by molar-refractivity contribution is 6.32. The molecule has 5 rings (SSSR count). The van der Waals surface area contributed by atoms with Crippen LogP contribution in [0.25, 0.3) is 11.1 Å². The van der Waals surface area contributed by atoms with Gasteiger partial charge in [0.15, 0.2) is 16.8 Å². The maximum atomic E-state index is 16.4. The van der Waals surface area contributed by atoms with Crippen LogP contribution in [0.1, 0.15) is 17.3 Å². The number of nitrogens with one attached hydrogen (secondary N) is 2. The zero-order valence-corrected chi connectivity index (χ0v) is 24.1. The number of aromatic nitrogens is 2. The Morgan fingerprint density at radius 2 is 1.88 bits per heavy atom. The largest absolute Gasteiger partial charge is 0.393 e. The van der Waals surface area contributed by atoms with Gasteiger partial charge in [0, 0.05) is 63.0 Å². The van der Waals surface area contributed by atoms with E-state index in [1.165, 1.54) is 6.33 Å². The third-order valence-electron chi connectivity index (χ3n) is 7.77. The van der Waals surface area contributed by atoms with Crippen LogP contribution in [-0.4, -0.2) is 97.8 Å². The lowest BCUT2D eigenvalue weighted by Crippen LogP contribution is -2.50. The molecule has 2 saturated heterocycles. The lowest BCUT2D eigenvalue weighted by molar-refractivity contribution is 0.0383. The van der Waals surface area contributed by atoms with Crippen LogP contribution in [-0.2, 0) is 4.74 Å². The number of hydrogen-bond donors (Lipinski definition) is 3. The molecule has 4 N–H and O–H groups in total. The van der Waals surface area contributed by atoms with E-state index in [0.717, 1.165) is 52.5 Å². The number of piperazine rings is 1. The number of carbonyl (C=O) groups excluding carboxylic acids is 1. The van der Waals surface area contributed by atoms with Crippen molar-refractivity contribution in [3.63, 3.8) is 0 Å². The van der Waals surface area contributed by atoms with Gasteiger partial charge in [-0.05, 0) is 43.8 Å². The van der Waals surface area contributed by atoms with Crippen LogP contribution >= 0.6 is 11.6 Å². The molecule has 2 fully saturated rings. The van der Waals surface area contributed by atoms with Gasteiger partial charge >= 0.3 is 0 Å². The number of benzene rings is 2. The van der Waals surface area contributed by atoms with E-state index in [0.29, 0.717) is 35.0 Å². The smallest absolute Gasteiger partial charge is 0.251 e. The summed E-state index contributed by atoms with van der Waals surface area (Å²) in [5.74, 6) is -0.386. The Morgan fingerprint density at radius 3 is 2.61 bits per heavy atom. The van der Waals surface area contributed by atoms with E-state index in [1.54, 1.807) is 30.3 Å². The minimum absolute atomic E-state index is 0.0904. The molecule has 2 aliphatic rings. The average molecular weight is 583 g/mol. The number of morpholine rings is 1. The van der Waals surface area contributed by atoms with Gasteiger partial charge < -0.3 is 30.9 Å². The molecule has 3 aromatic rings. The highest BCUT2D eigenvalue weighted by atomic mass is 35.5. The summed E-state index contributed by atoms with van der Waals surface area (Å²) >= 11 is 6.12. The number of ether oxygens (including phenoxy) is 1. The molecule has 0 unspecified atom stereocenters. The Kier molecular flexibility index (Phi) is 9.19. The van der Waals surface area contributed by atoms with Crippen LogP contribution in [0, 0.1) is 5.82 Å². The second kappa shape index (κ2) is 13.0. The summed E-state index contributed by atoms with van der Waals surface area (Å²) in [6, 6.07) is 10.9. The number of nitrogen functional groups attached to an aromatic ring is 1. The van der Waals surface area contributed by atoms with Crippen molar-refractivity contribution in [2.75, 3.05) is 82.0 Å². The van der Waals surface area contributed by atoms with E-state index >= 15 is 4.39 Å². The molecule has 10 nitrogen and oxygen atoms in total. The number of likely N-dealkylation sites (N-methyl/N-ethyl adjacent to an activating group) is 1. The first-order chi connectivity index (χ1) is 19.8. The third-order valence-corrected chi connectivity index (χ3v) is 8.08. The summed E-state index contributed by atoms with van der Waals surface area (Å²) in [5.41, 5.74) is 8.75. The van der Waals surface area contributed by atoms with E-state index in [9.17, 15) is 4.79 Å². The molecule has 0 aliphatic carbocycles. The molecule has 41 heavy (non-hydrogen) atoms. The van der Waals surface area contributed by atoms with Gasteiger partial charge in [0.1, 0.15) is 17.7 Å². The molecule has 1 amide bonds. The van der Waals surface area contributed by atoms with Gasteiger partial charge in [0.05, 0.1) is 18.9 Å². The normalized spacial score (nSPS) is 18.3. The molecule has 218 valence electrons. The minimum atomic E-state index is -0.453. The van der Waals surface area contributed by atoms with Crippen molar-refractivity contribution in [1.82, 2.24) is 25.1 Å². The Labute approximate surface area is 244 Å². The highest BCUT2D eigenvalue weighted by Gasteiger charge is 2.26. The highest BCUT2D eigenvalue weighted by Crippen LogP contribution is 2.39. The van der Waals surface area contributed by atoms with Gasteiger partial charge in [-0.1, -0.05) is 23.7 Å². The quantitative estimate of drug-likeness (QED) is 0.344. The Bertz CT molecular complexity index is 1370. The number of nitrogens with two attached hydrogens (primary N) is 1. The van der Waals surface area contributed by atoms with Gasteiger partial charge in [0.2, 0.25) is 0 Å². The minimum Gasteiger partial charge on any atom is -0.393 e. The average Bonchev–Trinajstić information content (AvgIpc) is 2.98. The SMILES string of the molecule is C[C@H]1CN(c2ccc(-c3ccc(C(=O)NCCN4CCOCC4)cc3)c(F)c2Nc2ncnc(Cl)c2N)CCN1C. The van der Waals surface area contributed by atoms with E-state index in [-0.39, 0.29) is 28.3 Å². The van der Waals surface area contributed by atoms with Crippen LogP contribution in [0.15, 0.2) is 42.7 Å². The third kappa shape index (κ3) is 6.70. The molecule has 2 aliphatic heterocycles. The first-order valence-electron chi connectivity index (χ1n) is 13.8. The van der Waals surface area contributed by atoms with Crippen molar-refractivity contribution in [2.45, 2.75) is 13.0 Å². The van der Waals surface area contributed by atoms with Crippen LogP contribution in [0.4, 0.5) is 27.3 Å². The zero-order valence-electron chi connectivity index (χ0n) is 23.4. The predicted molar refractivity (Wildman–Crippen MR) is 160 cm³/mol. The fourth-order valence-electron chi connectivity index (χ4n) is 5.09. The lowest BCUT2D eigenvalue weighted by atomic mass is 10.0. The van der Waals surface area contributed by atoms with Gasteiger partial charge in [-0.15, -0.1) is 0 Å². The van der Waals surface area contributed by atoms with Crippen molar-refractivity contribution in [2.24, 2.45) is 0 Å². The Hall–Kier alpha value is -3.51. The molecule has 3 heterocycles. The van der Waals surface area contributed by atoms with Crippen molar-refractivity contribution in [1.29, 1.82) is 0 Å². The monoisotopic (exact) mass is 582 g/mol. The summed E-state index contributed by atoms with van der Waals surface area (Å²) in [7, 11) is 2.09. The van der Waals surface area contributed by atoms with Crippen molar-refractivity contribution in [3.8, 4) is 11.1 Å². The summed E-state index contributed by atoms with van der Waals surface area (Å²) in [6.45, 7) is 8.98. The second-order valence-electron chi connectivity index (χ2n) is 10.4. The molecule has 0 bridgehead atoms. The summed E-state index contributed by atoms with van der Waals surface area (Å²) < 4.78 is 21.7. The lowest BCUT2D eigenvalue weighted by Gasteiger charge is -2.39. The molecule has 12 heteroatoms. The fourth-order valence-corrected chi connectivity index (χ4v) is 5.22. The van der Waals surface area contributed by atoms with Crippen molar-refractivity contribution in [3.05, 3.63) is 59.3 Å². The Morgan fingerprint density at radius 1 is 1.12 bits per heavy atom. The van der Waals surface area contributed by atoms with Gasteiger partial charge in [-0.2, -0.15) is 0 Å². The summed E-state index contributed by atoms with van der Waals surface area (Å²) in [4.78, 5) is 27.5. The molecular weight excluding hydrogens is 547 g/mol. The molecule has 1 aromatic heterocycles. The van der Waals surface area contributed by atoms with E-state index < -0.39 is 5.82 Å². The topological polar surface area (TPSA) is 112 Å². The molecule has 0 radical (unpaired) electrons. The van der Waals surface area contributed by atoms with Crippen molar-refractivity contribution < 1.29 is 13.9 Å². The summed E-state index contributed by atoms with van der Waals surface area (Å²) in [5, 5.41) is 6.15. The molecular formula is C29H36ClFN8O2. The number of hydrogen-bond acceptors (Lipinski definition) is 9. The zero-order chi connectivity index (χ0) is 28.9. The van der Waals surface area contributed by atoms with E-state index in [4.69, 9.17) is 22.1 Å². The van der Waals surface area contributed by atoms with E-state index in [2.05, 4.69) is 49.3 Å². The molecule has 0 spiro atoms. The first-order valence-corrected chi connectivity index (χ1v) is 14.2. The number of nitrogens with zero attached hydrogens (tertiary/aromatic N) is 5. The van der Waals surface area contributed by atoms with E-state index in [1.807, 2.05) is 6.07 Å². The van der Waals surface area contributed by atoms with Crippen LogP contribution < -0.4 is 21.3 Å². The number of halogens is 2. The van der Waals surface area contributed by atoms with Gasteiger partial charge in [-0.25, -0.2) is 14.4 Å². The maximum Gasteiger partial charge on any atom is 0.251 e. The molecule has 2 aromatic carbocycles. The standard InChI is InChI=1S/C29H36ClFN8O2/c1-19-17-39(12-11-37(19)2)23-8-7-22(24(31)26(23)36-28-25(32)27(30)34-18-35-28)20-3-5-21(6-4-20)29(40)33-9-10-38-13-15-41-16-14-38/h3-8,18-19H,9-17,32H2,1-2H3,(H,33,40)(H,34,35,36)/t19-/m0/s1. The predicted octanol–water partition coefficient (Wildman–Crippen LogP) is 3.46. The second-order valence-corrected chi connectivity index (χ2v) is 10.8. The number of rotatable bonds is 8. The first kappa shape index (κ1) is 29.0. The molecule has 1 atom stereocenters. The van der Waals surface area contributed by atoms with Gasteiger partial charge in [-0.3, -0.25) is 9.69 Å². The van der Waals surface area contributed by atoms with Gasteiger partial charge in [0.25, 0.3) is 5.91 Å². The van der Waals surface area contributed by atoms with Crippen molar-refractivity contribution >= 4 is 40.4 Å². The van der Waals surface area contributed by atoms with Crippen LogP contribution in [0.5, 0.6) is 0 Å². The maximum absolute atomic E-state index is 16.4. The Balaban J connectivity index is 1.38. The fraction of sp³-hybridized carbons (Fsp3) is 0.414. The molecule has 0 saturated carbocycles. The number of carbonyl (C=O) groups is 1. The van der Waals surface area contributed by atoms with Crippen LogP contribution in [0.3, 0.4) is 0 Å². The van der Waals surface area contributed by atoms with Crippen LogP contribution in [0.2, 0.25) is 5.15 Å². The number of anilines is 4. The number of amides is 1.